The average molecular weight is 314 g/mol. The highest BCUT2D eigenvalue weighted by atomic mass is 32.2. The van der Waals surface area contributed by atoms with Gasteiger partial charge in [-0.2, -0.15) is 0 Å². The molecule has 1 aromatic carbocycles. The van der Waals surface area contributed by atoms with Gasteiger partial charge in [0.1, 0.15) is 10.6 Å². The number of sulfonamides is 1. The van der Waals surface area contributed by atoms with Crippen LogP contribution >= 0.6 is 0 Å². The third kappa shape index (κ3) is 5.93. The summed E-state index contributed by atoms with van der Waals surface area (Å²) in [6.07, 6.45) is 2.93. The molecule has 6 heteroatoms. The molecule has 0 saturated heterocycles. The van der Waals surface area contributed by atoms with E-state index in [1.807, 2.05) is 6.92 Å². The molecule has 0 spiro atoms. The first-order valence-electron chi connectivity index (χ1n) is 7.38. The molecule has 0 saturated carbocycles. The van der Waals surface area contributed by atoms with Crippen LogP contribution in [0.2, 0.25) is 0 Å². The zero-order chi connectivity index (χ0) is 15.9. The van der Waals surface area contributed by atoms with Gasteiger partial charge in [0.15, 0.2) is 0 Å². The fourth-order valence-corrected chi connectivity index (χ4v) is 3.22. The van der Waals surface area contributed by atoms with Crippen molar-refractivity contribution >= 4 is 15.7 Å². The summed E-state index contributed by atoms with van der Waals surface area (Å²) in [4.78, 5) is 0.105. The molecular weight excluding hydrogens is 288 g/mol. The number of anilines is 1. The van der Waals surface area contributed by atoms with Gasteiger partial charge in [-0.3, -0.25) is 0 Å². The van der Waals surface area contributed by atoms with Gasteiger partial charge in [-0.1, -0.05) is 26.7 Å². The van der Waals surface area contributed by atoms with E-state index in [9.17, 15) is 8.42 Å². The average Bonchev–Trinajstić information content (AvgIpc) is 2.40. The maximum absolute atomic E-state index is 12.3. The van der Waals surface area contributed by atoms with Crippen LogP contribution in [0.25, 0.3) is 0 Å². The molecule has 0 heterocycles. The summed E-state index contributed by atoms with van der Waals surface area (Å²) in [6, 6.07) is 4.65. The highest BCUT2D eigenvalue weighted by Gasteiger charge is 2.19. The molecular formula is C15H26N2O3S. The lowest BCUT2D eigenvalue weighted by molar-refractivity contribution is 0.331. The maximum Gasteiger partial charge on any atom is 0.244 e. The molecule has 5 nitrogen and oxygen atoms in total. The highest BCUT2D eigenvalue weighted by molar-refractivity contribution is 7.89. The van der Waals surface area contributed by atoms with Crippen LogP contribution in [-0.2, 0) is 10.0 Å². The standard InChI is InChI=1S/C15H26N2O3S/c1-4-20-14-9-8-13(16)11-15(14)21(18,19)17-10-6-5-7-12(2)3/h8-9,11-12,17H,4-7,10,16H2,1-3H3. The van der Waals surface area contributed by atoms with Gasteiger partial charge in [0, 0.05) is 12.2 Å². The van der Waals surface area contributed by atoms with Gasteiger partial charge >= 0.3 is 0 Å². The van der Waals surface area contributed by atoms with Crippen molar-refractivity contribution in [2.24, 2.45) is 5.92 Å². The first kappa shape index (κ1) is 17.8. The van der Waals surface area contributed by atoms with Gasteiger partial charge in [0.2, 0.25) is 10.0 Å². The number of hydrogen-bond acceptors (Lipinski definition) is 4. The van der Waals surface area contributed by atoms with Crippen molar-refractivity contribution in [2.75, 3.05) is 18.9 Å². The second kappa shape index (κ2) is 8.24. The van der Waals surface area contributed by atoms with Crippen LogP contribution in [0.1, 0.15) is 40.0 Å². The van der Waals surface area contributed by atoms with Crippen molar-refractivity contribution in [1.82, 2.24) is 4.72 Å². The molecule has 1 aromatic rings. The number of rotatable bonds is 9. The molecule has 21 heavy (non-hydrogen) atoms. The third-order valence-corrected chi connectivity index (χ3v) is 4.54. The molecule has 0 amide bonds. The predicted molar refractivity (Wildman–Crippen MR) is 85.9 cm³/mol. The number of hydrogen-bond donors (Lipinski definition) is 2. The summed E-state index contributed by atoms with van der Waals surface area (Å²) in [5.41, 5.74) is 6.08. The van der Waals surface area contributed by atoms with E-state index in [-0.39, 0.29) is 4.90 Å². The van der Waals surface area contributed by atoms with Crippen LogP contribution < -0.4 is 15.2 Å². The summed E-state index contributed by atoms with van der Waals surface area (Å²) in [5.74, 6) is 0.974. The summed E-state index contributed by atoms with van der Waals surface area (Å²) < 4.78 is 32.6. The van der Waals surface area contributed by atoms with E-state index in [0.29, 0.717) is 30.5 Å². The topological polar surface area (TPSA) is 81.4 Å². The van der Waals surface area contributed by atoms with Crippen molar-refractivity contribution in [3.05, 3.63) is 18.2 Å². The molecule has 0 unspecified atom stereocenters. The quantitative estimate of drug-likeness (QED) is 0.542. The minimum Gasteiger partial charge on any atom is -0.492 e. The van der Waals surface area contributed by atoms with Crippen molar-refractivity contribution in [3.63, 3.8) is 0 Å². The molecule has 0 aromatic heterocycles. The Morgan fingerprint density at radius 2 is 2.00 bits per heavy atom. The lowest BCUT2D eigenvalue weighted by Gasteiger charge is -2.12. The van der Waals surface area contributed by atoms with Gasteiger partial charge in [0.05, 0.1) is 6.61 Å². The van der Waals surface area contributed by atoms with Crippen molar-refractivity contribution in [3.8, 4) is 5.75 Å². The van der Waals surface area contributed by atoms with Crippen molar-refractivity contribution in [1.29, 1.82) is 0 Å². The Hall–Kier alpha value is -1.27. The van der Waals surface area contributed by atoms with Gasteiger partial charge in [0.25, 0.3) is 0 Å². The molecule has 0 bridgehead atoms. The number of ether oxygens (including phenoxy) is 1. The molecule has 0 radical (unpaired) electrons. The molecule has 0 aliphatic carbocycles. The number of nitrogens with two attached hydrogens (primary N) is 1. The normalized spacial score (nSPS) is 11.8. The molecule has 0 fully saturated rings. The molecule has 0 aliphatic heterocycles. The van der Waals surface area contributed by atoms with Gasteiger partial charge in [-0.15, -0.1) is 0 Å². The molecule has 1 rings (SSSR count). The number of benzene rings is 1. The van der Waals surface area contributed by atoms with Crippen LogP contribution in [0.5, 0.6) is 5.75 Å². The second-order valence-electron chi connectivity index (χ2n) is 5.43. The van der Waals surface area contributed by atoms with Crippen molar-refractivity contribution < 1.29 is 13.2 Å². The number of nitrogens with one attached hydrogen (secondary N) is 1. The van der Waals surface area contributed by atoms with E-state index < -0.39 is 10.0 Å². The van der Waals surface area contributed by atoms with E-state index in [0.717, 1.165) is 19.3 Å². The minimum atomic E-state index is -3.59. The van der Waals surface area contributed by atoms with E-state index in [1.165, 1.54) is 6.07 Å². The molecule has 0 aliphatic rings. The van der Waals surface area contributed by atoms with Gasteiger partial charge < -0.3 is 10.5 Å². The smallest absolute Gasteiger partial charge is 0.244 e. The van der Waals surface area contributed by atoms with E-state index in [4.69, 9.17) is 10.5 Å². The zero-order valence-corrected chi connectivity index (χ0v) is 13.9. The van der Waals surface area contributed by atoms with E-state index >= 15 is 0 Å². The van der Waals surface area contributed by atoms with Crippen LogP contribution in [0, 0.1) is 5.92 Å². The Bertz CT molecular complexity index is 542. The number of nitrogen functional groups attached to an aromatic ring is 1. The van der Waals surface area contributed by atoms with E-state index in [1.54, 1.807) is 12.1 Å². The summed E-state index contributed by atoms with van der Waals surface area (Å²) in [6.45, 7) is 6.96. The fourth-order valence-electron chi connectivity index (χ4n) is 1.97. The Balaban J connectivity index is 2.71. The van der Waals surface area contributed by atoms with Crippen LogP contribution in [-0.4, -0.2) is 21.6 Å². The highest BCUT2D eigenvalue weighted by Crippen LogP contribution is 2.26. The lowest BCUT2D eigenvalue weighted by Crippen LogP contribution is -2.25. The van der Waals surface area contributed by atoms with Crippen LogP contribution in [0.3, 0.4) is 0 Å². The number of unbranched alkanes of at least 4 members (excludes halogenated alkanes) is 1. The SMILES string of the molecule is CCOc1ccc(N)cc1S(=O)(=O)NCCCCC(C)C. The molecule has 0 atom stereocenters. The monoisotopic (exact) mass is 314 g/mol. The Kier molecular flexibility index (Phi) is 6.98. The fraction of sp³-hybridized carbons (Fsp3) is 0.600. The summed E-state index contributed by atoms with van der Waals surface area (Å²) in [7, 11) is -3.59. The first-order valence-corrected chi connectivity index (χ1v) is 8.87. The van der Waals surface area contributed by atoms with Crippen molar-refractivity contribution in [2.45, 2.75) is 44.9 Å². The Morgan fingerprint density at radius 1 is 1.29 bits per heavy atom. The van der Waals surface area contributed by atoms with Crippen LogP contribution in [0.4, 0.5) is 5.69 Å². The second-order valence-corrected chi connectivity index (χ2v) is 7.16. The van der Waals surface area contributed by atoms with Gasteiger partial charge in [-0.25, -0.2) is 13.1 Å². The summed E-state index contributed by atoms with van der Waals surface area (Å²) in [5, 5.41) is 0. The molecule has 3 N–H and O–H groups in total. The van der Waals surface area contributed by atoms with E-state index in [2.05, 4.69) is 18.6 Å². The van der Waals surface area contributed by atoms with Gasteiger partial charge in [-0.05, 0) is 37.5 Å². The van der Waals surface area contributed by atoms with Crippen LogP contribution in [0.15, 0.2) is 23.1 Å². The summed E-state index contributed by atoms with van der Waals surface area (Å²) >= 11 is 0. The third-order valence-electron chi connectivity index (χ3n) is 3.06. The molecule has 120 valence electrons. The predicted octanol–water partition coefficient (Wildman–Crippen LogP) is 2.77. The first-order chi connectivity index (χ1) is 9.86. The Labute approximate surface area is 127 Å². The minimum absolute atomic E-state index is 0.105. The Morgan fingerprint density at radius 3 is 2.62 bits per heavy atom. The zero-order valence-electron chi connectivity index (χ0n) is 13.1. The largest absolute Gasteiger partial charge is 0.492 e. The lowest BCUT2D eigenvalue weighted by atomic mass is 10.1. The maximum atomic E-state index is 12.3.